The Balaban J connectivity index is 3.88. The van der Waals surface area contributed by atoms with Gasteiger partial charge in [-0.15, -0.1) is 0 Å². The van der Waals surface area contributed by atoms with Gasteiger partial charge < -0.3 is 0 Å². The van der Waals surface area contributed by atoms with Crippen LogP contribution in [0, 0.1) is 0 Å². The summed E-state index contributed by atoms with van der Waals surface area (Å²) in [6.45, 7) is 9.09. The van der Waals surface area contributed by atoms with Gasteiger partial charge in [0.05, 0.1) is 19.5 Å². The molecule has 0 heterocycles. The molecule has 0 bridgehead atoms. The second-order valence-electron chi connectivity index (χ2n) is 14.1. The largest absolute Gasteiger partial charge is 0.314 e. The lowest BCUT2D eigenvalue weighted by Crippen LogP contribution is -2.56. The Hall–Kier alpha value is -1.22. The van der Waals surface area contributed by atoms with Crippen LogP contribution in [-0.2, 0) is 9.59 Å². The third-order valence-corrected chi connectivity index (χ3v) is 9.58. The van der Waals surface area contributed by atoms with Gasteiger partial charge in [0, 0.05) is 6.42 Å². The van der Waals surface area contributed by atoms with Crippen molar-refractivity contribution < 1.29 is 14.1 Å². The average Bonchev–Trinajstić information content (AvgIpc) is 3.00. The molecule has 0 aliphatic carbocycles. The molecule has 258 valence electrons. The van der Waals surface area contributed by atoms with Crippen molar-refractivity contribution in [2.45, 2.75) is 214 Å². The third kappa shape index (κ3) is 26.0. The van der Waals surface area contributed by atoms with Crippen LogP contribution < -0.4 is 0 Å². The highest BCUT2D eigenvalue weighted by Crippen LogP contribution is 2.18. The molecule has 1 atom stereocenters. The molecule has 0 rings (SSSR count). The number of amides is 1. The van der Waals surface area contributed by atoms with E-state index in [1.54, 1.807) is 0 Å². The SMILES string of the molecule is CCCCCCCC/C=C\CCCCCCCC(=O)C[N+](C)(C(=O)CCCCCCC/C=C\CCCCCCCC)C(C)C. The average molecular weight is 617 g/mol. The normalized spacial score (nSPS) is 13.4. The number of carbonyl (C=O) groups excluding carboxylic acids is 2. The standard InChI is InChI=1S/C41H78NO2/c1-6-8-10-12-14-16-18-20-22-24-26-28-30-32-34-36-40(43)38-42(5,39(3)4)41(44)37-35-33-31-29-27-25-23-21-19-17-15-13-11-9-7-2/h20-23,39H,6-19,24-38H2,1-5H3/q+1/b22-20-,23-21-. The molecule has 3 nitrogen and oxygen atoms in total. The third-order valence-electron chi connectivity index (χ3n) is 9.58. The Morgan fingerprint density at radius 3 is 1.16 bits per heavy atom. The van der Waals surface area contributed by atoms with E-state index < -0.39 is 0 Å². The summed E-state index contributed by atoms with van der Waals surface area (Å²) in [5.74, 6) is 0.507. The quantitative estimate of drug-likeness (QED) is 0.0417. The number of unbranched alkanes of at least 4 members (excludes halogenated alkanes) is 22. The molecule has 0 saturated carbocycles. The summed E-state index contributed by atoms with van der Waals surface area (Å²) in [7, 11) is 1.99. The molecule has 0 aliphatic rings. The second kappa shape index (κ2) is 31.7. The molecular formula is C41H78NO2+. The number of carbonyl (C=O) groups is 2. The van der Waals surface area contributed by atoms with Gasteiger partial charge in [0.2, 0.25) is 0 Å². The van der Waals surface area contributed by atoms with Crippen molar-refractivity contribution >= 4 is 11.7 Å². The number of nitrogens with zero attached hydrogens (tertiary/aromatic N) is 1. The van der Waals surface area contributed by atoms with Crippen LogP contribution in [0.5, 0.6) is 0 Å². The van der Waals surface area contributed by atoms with Gasteiger partial charge in [-0.1, -0.05) is 141 Å². The molecule has 0 aromatic carbocycles. The smallest absolute Gasteiger partial charge is 0.293 e. The van der Waals surface area contributed by atoms with E-state index in [1.165, 1.54) is 141 Å². The van der Waals surface area contributed by atoms with Crippen LogP contribution in [-0.4, -0.2) is 35.8 Å². The number of ketones is 1. The highest BCUT2D eigenvalue weighted by molar-refractivity contribution is 5.82. The van der Waals surface area contributed by atoms with E-state index in [1.807, 2.05) is 7.05 Å². The van der Waals surface area contributed by atoms with E-state index in [0.29, 0.717) is 19.4 Å². The van der Waals surface area contributed by atoms with Gasteiger partial charge in [-0.25, -0.2) is 4.79 Å². The molecule has 0 fully saturated rings. The highest BCUT2D eigenvalue weighted by atomic mass is 16.2. The molecule has 1 amide bonds. The van der Waals surface area contributed by atoms with Crippen molar-refractivity contribution in [3.05, 3.63) is 24.3 Å². The molecule has 0 saturated heterocycles. The zero-order valence-electron chi connectivity index (χ0n) is 30.7. The summed E-state index contributed by atoms with van der Waals surface area (Å²) < 4.78 is 0.271. The van der Waals surface area contributed by atoms with Gasteiger partial charge in [0.1, 0.15) is 6.54 Å². The molecule has 0 N–H and O–H groups in total. The number of allylic oxidation sites excluding steroid dienone is 4. The van der Waals surface area contributed by atoms with Gasteiger partial charge in [-0.2, -0.15) is 0 Å². The Kier molecular flexibility index (Phi) is 30.9. The summed E-state index contributed by atoms with van der Waals surface area (Å²) >= 11 is 0. The number of quaternary nitrogens is 1. The van der Waals surface area contributed by atoms with Crippen molar-refractivity contribution in [1.29, 1.82) is 0 Å². The van der Waals surface area contributed by atoms with Crippen LogP contribution in [0.3, 0.4) is 0 Å². The maximum absolute atomic E-state index is 13.2. The molecule has 0 aliphatic heterocycles. The number of Topliss-reactive ketones (excluding diaryl/α,β-unsaturated/α-hetero) is 1. The number of hydrogen-bond donors (Lipinski definition) is 0. The van der Waals surface area contributed by atoms with Crippen LogP contribution >= 0.6 is 0 Å². The minimum Gasteiger partial charge on any atom is -0.293 e. The van der Waals surface area contributed by atoms with Gasteiger partial charge in [-0.3, -0.25) is 9.28 Å². The van der Waals surface area contributed by atoms with Crippen molar-refractivity contribution in [2.24, 2.45) is 0 Å². The second-order valence-corrected chi connectivity index (χ2v) is 14.1. The van der Waals surface area contributed by atoms with Crippen LogP contribution in [0.15, 0.2) is 24.3 Å². The summed E-state index contributed by atoms with van der Waals surface area (Å²) in [6.07, 6.45) is 43.6. The first kappa shape index (κ1) is 42.8. The Morgan fingerprint density at radius 2 is 0.795 bits per heavy atom. The predicted octanol–water partition coefficient (Wildman–Crippen LogP) is 13.0. The van der Waals surface area contributed by atoms with E-state index in [9.17, 15) is 9.59 Å². The lowest BCUT2D eigenvalue weighted by atomic mass is 10.0. The van der Waals surface area contributed by atoms with Gasteiger partial charge in [-0.05, 0) is 78.1 Å². The zero-order valence-corrected chi connectivity index (χ0v) is 30.7. The minimum atomic E-state index is 0.142. The maximum atomic E-state index is 13.2. The fourth-order valence-corrected chi connectivity index (χ4v) is 6.00. The molecule has 3 heteroatoms. The Bertz CT molecular complexity index is 709. The summed E-state index contributed by atoms with van der Waals surface area (Å²) in [5, 5.41) is 0. The molecule has 0 spiro atoms. The van der Waals surface area contributed by atoms with E-state index in [4.69, 9.17) is 0 Å². The first-order valence-electron chi connectivity index (χ1n) is 19.6. The zero-order chi connectivity index (χ0) is 32.6. The maximum Gasteiger partial charge on any atom is 0.314 e. The van der Waals surface area contributed by atoms with E-state index in [0.717, 1.165) is 25.7 Å². The highest BCUT2D eigenvalue weighted by Gasteiger charge is 2.36. The lowest BCUT2D eigenvalue weighted by Gasteiger charge is -2.35. The fraction of sp³-hybridized carbons (Fsp3) is 0.854. The van der Waals surface area contributed by atoms with Gasteiger partial charge in [0.15, 0.2) is 5.78 Å². The number of hydrogen-bond acceptors (Lipinski definition) is 2. The molecular weight excluding hydrogens is 538 g/mol. The molecule has 1 unspecified atom stereocenters. The number of likely N-dealkylation sites (N-methyl/N-ethyl adjacent to an activating group) is 1. The van der Waals surface area contributed by atoms with Gasteiger partial charge in [0.25, 0.3) is 0 Å². The summed E-state index contributed by atoms with van der Waals surface area (Å²) in [6, 6.07) is 0.142. The van der Waals surface area contributed by atoms with Crippen LogP contribution in [0.1, 0.15) is 207 Å². The predicted molar refractivity (Wildman–Crippen MR) is 195 cm³/mol. The van der Waals surface area contributed by atoms with Crippen LogP contribution in [0.2, 0.25) is 0 Å². The summed E-state index contributed by atoms with van der Waals surface area (Å²) in [4.78, 5) is 26.0. The monoisotopic (exact) mass is 617 g/mol. The van der Waals surface area contributed by atoms with Crippen molar-refractivity contribution in [3.8, 4) is 0 Å². The minimum absolute atomic E-state index is 0.142. The van der Waals surface area contributed by atoms with Crippen molar-refractivity contribution in [2.75, 3.05) is 13.6 Å². The summed E-state index contributed by atoms with van der Waals surface area (Å²) in [5.41, 5.74) is 0. The van der Waals surface area contributed by atoms with E-state index in [-0.39, 0.29) is 22.2 Å². The Morgan fingerprint density at radius 1 is 0.477 bits per heavy atom. The van der Waals surface area contributed by atoms with Crippen molar-refractivity contribution in [1.82, 2.24) is 0 Å². The van der Waals surface area contributed by atoms with Crippen molar-refractivity contribution in [3.63, 3.8) is 0 Å². The lowest BCUT2D eigenvalue weighted by molar-refractivity contribution is -0.848. The molecule has 44 heavy (non-hydrogen) atoms. The topological polar surface area (TPSA) is 34.1 Å². The first-order chi connectivity index (χ1) is 21.4. The Labute approximate surface area is 276 Å². The molecule has 0 aromatic heterocycles. The number of rotatable bonds is 33. The van der Waals surface area contributed by atoms with E-state index in [2.05, 4.69) is 52.0 Å². The molecule has 0 radical (unpaired) electrons. The van der Waals surface area contributed by atoms with Gasteiger partial charge >= 0.3 is 5.91 Å². The van der Waals surface area contributed by atoms with Crippen LogP contribution in [0.4, 0.5) is 0 Å². The van der Waals surface area contributed by atoms with Crippen LogP contribution in [0.25, 0.3) is 0 Å². The fourth-order valence-electron chi connectivity index (χ4n) is 6.00. The first-order valence-corrected chi connectivity index (χ1v) is 19.6. The molecule has 0 aromatic rings. The van der Waals surface area contributed by atoms with E-state index >= 15 is 0 Å².